The molecule has 2 aliphatic rings. The van der Waals surface area contributed by atoms with Crippen LogP contribution in [0.25, 0.3) is 0 Å². The molecule has 1 unspecified atom stereocenters. The van der Waals surface area contributed by atoms with E-state index in [2.05, 4.69) is 10.6 Å². The molecule has 12 heteroatoms. The van der Waals surface area contributed by atoms with Crippen LogP contribution in [0.15, 0.2) is 24.3 Å². The number of hydrogen-bond donors (Lipinski definition) is 2. The van der Waals surface area contributed by atoms with Gasteiger partial charge < -0.3 is 29.7 Å². The van der Waals surface area contributed by atoms with Crippen molar-refractivity contribution in [3.63, 3.8) is 0 Å². The molecule has 12 nitrogen and oxygen atoms in total. The normalized spacial score (nSPS) is 17.8. The molecule has 1 fully saturated rings. The lowest BCUT2D eigenvalue weighted by Crippen LogP contribution is -2.54. The summed E-state index contributed by atoms with van der Waals surface area (Å²) >= 11 is 0. The van der Waals surface area contributed by atoms with Gasteiger partial charge in [-0.2, -0.15) is 0 Å². The first kappa shape index (κ1) is 34.7. The van der Waals surface area contributed by atoms with Gasteiger partial charge in [0.1, 0.15) is 23.3 Å². The zero-order valence-electron chi connectivity index (χ0n) is 27.1. The molecular weight excluding hydrogens is 568 g/mol. The molecule has 0 saturated carbocycles. The summed E-state index contributed by atoms with van der Waals surface area (Å²) in [5.74, 6) is -1.57. The lowest BCUT2D eigenvalue weighted by molar-refractivity contribution is -0.145. The molecule has 2 N–H and O–H groups in total. The van der Waals surface area contributed by atoms with Crippen LogP contribution in [0.1, 0.15) is 79.2 Å². The van der Waals surface area contributed by atoms with E-state index in [-0.39, 0.29) is 11.8 Å². The number of benzene rings is 1. The number of hydrogen-bond acceptors (Lipinski definition) is 8. The first-order valence-electron chi connectivity index (χ1n) is 15.3. The topological polar surface area (TPSA) is 144 Å². The van der Waals surface area contributed by atoms with Gasteiger partial charge in [0.2, 0.25) is 11.8 Å². The second-order valence-corrected chi connectivity index (χ2v) is 13.3. The van der Waals surface area contributed by atoms with E-state index in [0.29, 0.717) is 63.8 Å². The number of ether oxygens (including phenoxy) is 3. The largest absolute Gasteiger partial charge is 0.467 e. The summed E-state index contributed by atoms with van der Waals surface area (Å²) in [5, 5.41) is 5.50. The third kappa shape index (κ3) is 9.85. The van der Waals surface area contributed by atoms with E-state index in [1.54, 1.807) is 30.6 Å². The number of para-hydroxylation sites is 1. The molecule has 2 heterocycles. The summed E-state index contributed by atoms with van der Waals surface area (Å²) in [4.78, 5) is 67.7. The Bertz CT molecular complexity index is 1200. The predicted octanol–water partition coefficient (Wildman–Crippen LogP) is 3.94. The van der Waals surface area contributed by atoms with Crippen molar-refractivity contribution in [2.45, 2.75) is 103 Å². The van der Waals surface area contributed by atoms with E-state index < -0.39 is 47.3 Å². The highest BCUT2D eigenvalue weighted by atomic mass is 16.6. The lowest BCUT2D eigenvalue weighted by Gasteiger charge is -2.35. The number of carbonyl (C=O) groups excluding carboxylic acids is 5. The summed E-state index contributed by atoms with van der Waals surface area (Å²) in [6.45, 7) is 11.9. The number of likely N-dealkylation sites (tertiary alicyclic amines) is 1. The number of rotatable bonds is 9. The Hall–Kier alpha value is -3.83. The van der Waals surface area contributed by atoms with Crippen LogP contribution in [-0.2, 0) is 35.0 Å². The standard InChI is InChI=1S/C32H48N4O8/c1-31(2,3)43-29(40)33-17-11-10-13-23(28(39)42-7)34-26(37)25-20-22-12-8-9-14-24(22)36(25)27(38)21-15-18-35(19-16-21)30(41)44-32(4,5)6/h8-9,12,14,21,23,25H,10-11,13,15-20H2,1-7H3,(H,33,40)(H,34,37)/t23-,25?/m0/s1. The molecule has 0 aliphatic carbocycles. The van der Waals surface area contributed by atoms with Crippen LogP contribution in [0.3, 0.4) is 0 Å². The number of amides is 4. The van der Waals surface area contributed by atoms with Gasteiger partial charge in [0.25, 0.3) is 0 Å². The van der Waals surface area contributed by atoms with E-state index in [1.165, 1.54) is 7.11 Å². The maximum atomic E-state index is 13.9. The van der Waals surface area contributed by atoms with E-state index in [0.717, 1.165) is 5.56 Å². The molecule has 0 radical (unpaired) electrons. The number of piperidine rings is 1. The van der Waals surface area contributed by atoms with Crippen LogP contribution in [0.2, 0.25) is 0 Å². The number of methoxy groups -OCH3 is 1. The van der Waals surface area contributed by atoms with Gasteiger partial charge >= 0.3 is 18.2 Å². The van der Waals surface area contributed by atoms with Crippen LogP contribution in [0.5, 0.6) is 0 Å². The van der Waals surface area contributed by atoms with E-state index in [1.807, 2.05) is 45.0 Å². The molecular formula is C32H48N4O8. The van der Waals surface area contributed by atoms with Crippen molar-refractivity contribution in [3.05, 3.63) is 29.8 Å². The zero-order chi connectivity index (χ0) is 32.7. The van der Waals surface area contributed by atoms with Crippen LogP contribution < -0.4 is 15.5 Å². The van der Waals surface area contributed by atoms with Gasteiger partial charge in [-0.15, -0.1) is 0 Å². The number of nitrogens with zero attached hydrogens (tertiary/aromatic N) is 2. The van der Waals surface area contributed by atoms with Gasteiger partial charge in [-0.1, -0.05) is 18.2 Å². The summed E-state index contributed by atoms with van der Waals surface area (Å²) in [5.41, 5.74) is 0.338. The minimum Gasteiger partial charge on any atom is -0.467 e. The molecule has 44 heavy (non-hydrogen) atoms. The molecule has 3 rings (SSSR count). The summed E-state index contributed by atoms with van der Waals surface area (Å²) in [6, 6.07) is 5.67. The fraction of sp³-hybridized carbons (Fsp3) is 0.656. The Labute approximate surface area is 260 Å². The lowest BCUT2D eigenvalue weighted by atomic mass is 9.95. The summed E-state index contributed by atoms with van der Waals surface area (Å²) in [7, 11) is 1.26. The van der Waals surface area contributed by atoms with Gasteiger partial charge in [0.15, 0.2) is 0 Å². The Kier molecular flexibility index (Phi) is 11.6. The Morgan fingerprint density at radius 2 is 1.57 bits per heavy atom. The quantitative estimate of drug-likeness (QED) is 0.241. The van der Waals surface area contributed by atoms with Gasteiger partial charge in [-0.25, -0.2) is 14.4 Å². The highest BCUT2D eigenvalue weighted by molar-refractivity contribution is 6.05. The van der Waals surface area contributed by atoms with E-state index in [4.69, 9.17) is 14.2 Å². The number of carbonyl (C=O) groups is 5. The van der Waals surface area contributed by atoms with Gasteiger partial charge in [0, 0.05) is 37.7 Å². The maximum absolute atomic E-state index is 13.9. The molecule has 2 atom stereocenters. The Morgan fingerprint density at radius 3 is 2.18 bits per heavy atom. The number of alkyl carbamates (subject to hydrolysis) is 1. The van der Waals surface area contributed by atoms with Crippen molar-refractivity contribution in [2.24, 2.45) is 5.92 Å². The molecule has 4 amide bonds. The van der Waals surface area contributed by atoms with Crippen LogP contribution in [-0.4, -0.2) is 84.9 Å². The number of fused-ring (bicyclic) bond motifs is 1. The van der Waals surface area contributed by atoms with Crippen molar-refractivity contribution in [3.8, 4) is 0 Å². The smallest absolute Gasteiger partial charge is 0.410 e. The van der Waals surface area contributed by atoms with Crippen molar-refractivity contribution < 1.29 is 38.2 Å². The van der Waals surface area contributed by atoms with Crippen molar-refractivity contribution >= 4 is 35.7 Å². The fourth-order valence-corrected chi connectivity index (χ4v) is 5.34. The van der Waals surface area contributed by atoms with Gasteiger partial charge in [0.05, 0.1) is 7.11 Å². The predicted molar refractivity (Wildman–Crippen MR) is 164 cm³/mol. The van der Waals surface area contributed by atoms with Crippen LogP contribution in [0.4, 0.5) is 15.3 Å². The molecule has 2 aliphatic heterocycles. The highest BCUT2D eigenvalue weighted by Crippen LogP contribution is 2.35. The van der Waals surface area contributed by atoms with Gasteiger partial charge in [-0.3, -0.25) is 14.5 Å². The molecule has 0 aromatic heterocycles. The van der Waals surface area contributed by atoms with Crippen LogP contribution in [0, 0.1) is 5.92 Å². The molecule has 0 spiro atoms. The Morgan fingerprint density at radius 1 is 0.932 bits per heavy atom. The number of anilines is 1. The van der Waals surface area contributed by atoms with E-state index >= 15 is 0 Å². The molecule has 244 valence electrons. The molecule has 1 saturated heterocycles. The SMILES string of the molecule is COC(=O)[C@H](CCCCNC(=O)OC(C)(C)C)NC(=O)C1Cc2ccccc2N1C(=O)C1CCN(C(=O)OC(C)(C)C)CC1. The number of nitrogens with one attached hydrogen (secondary N) is 2. The van der Waals surface area contributed by atoms with Crippen molar-refractivity contribution in [1.29, 1.82) is 0 Å². The Balaban J connectivity index is 1.63. The molecule has 0 bridgehead atoms. The summed E-state index contributed by atoms with van der Waals surface area (Å²) < 4.78 is 15.7. The minimum absolute atomic E-state index is 0.179. The number of unbranched alkanes of at least 4 members (excludes halogenated alkanes) is 1. The first-order valence-corrected chi connectivity index (χ1v) is 15.3. The van der Waals surface area contributed by atoms with Gasteiger partial charge in [-0.05, 0) is 85.3 Å². The monoisotopic (exact) mass is 616 g/mol. The average molecular weight is 617 g/mol. The zero-order valence-corrected chi connectivity index (χ0v) is 27.1. The fourth-order valence-electron chi connectivity index (χ4n) is 5.34. The minimum atomic E-state index is -0.910. The van der Waals surface area contributed by atoms with Crippen molar-refractivity contribution in [2.75, 3.05) is 31.6 Å². The maximum Gasteiger partial charge on any atom is 0.410 e. The first-order chi connectivity index (χ1) is 20.6. The highest BCUT2D eigenvalue weighted by Gasteiger charge is 2.42. The molecule has 1 aromatic rings. The van der Waals surface area contributed by atoms with E-state index in [9.17, 15) is 24.0 Å². The van der Waals surface area contributed by atoms with Crippen LogP contribution >= 0.6 is 0 Å². The third-order valence-corrected chi connectivity index (χ3v) is 7.40. The second kappa shape index (κ2) is 14.8. The summed E-state index contributed by atoms with van der Waals surface area (Å²) in [6.07, 6.45) is 1.69. The van der Waals surface area contributed by atoms with Crippen molar-refractivity contribution in [1.82, 2.24) is 15.5 Å². The second-order valence-electron chi connectivity index (χ2n) is 13.3. The number of esters is 1. The molecule has 1 aromatic carbocycles. The third-order valence-electron chi connectivity index (χ3n) is 7.40. The average Bonchev–Trinajstić information content (AvgIpc) is 3.33.